The highest BCUT2D eigenvalue weighted by atomic mass is 35.5. The Morgan fingerprint density at radius 1 is 1.22 bits per heavy atom. The van der Waals surface area contributed by atoms with E-state index in [0.29, 0.717) is 17.3 Å². The minimum Gasteiger partial charge on any atom is -0.294 e. The van der Waals surface area contributed by atoms with Crippen molar-refractivity contribution in [1.29, 1.82) is 5.26 Å². The lowest BCUT2D eigenvalue weighted by Gasteiger charge is -2.40. The van der Waals surface area contributed by atoms with Gasteiger partial charge in [-0.25, -0.2) is 4.98 Å². The molecule has 1 aliphatic rings. The first-order valence-corrected chi connectivity index (χ1v) is 8.22. The first kappa shape index (κ1) is 16.3. The van der Waals surface area contributed by atoms with E-state index in [9.17, 15) is 5.26 Å². The van der Waals surface area contributed by atoms with Crippen LogP contribution in [0.25, 0.3) is 0 Å². The fourth-order valence-electron chi connectivity index (χ4n) is 3.43. The summed E-state index contributed by atoms with van der Waals surface area (Å²) in [5.41, 5.74) is 3.35. The smallest absolute Gasteiger partial charge is 0.148 e. The summed E-state index contributed by atoms with van der Waals surface area (Å²) < 4.78 is 0. The van der Waals surface area contributed by atoms with Gasteiger partial charge in [0.05, 0.1) is 5.56 Å². The first-order chi connectivity index (χ1) is 10.9. The molecule has 118 valence electrons. The maximum Gasteiger partial charge on any atom is 0.148 e. The van der Waals surface area contributed by atoms with Gasteiger partial charge in [-0.3, -0.25) is 4.90 Å². The Labute approximate surface area is 146 Å². The molecule has 0 amide bonds. The summed E-state index contributed by atoms with van der Waals surface area (Å²) in [5.74, 6) is 0. The predicted molar refractivity (Wildman–Crippen MR) is 92.6 cm³/mol. The number of nitriles is 1. The van der Waals surface area contributed by atoms with Gasteiger partial charge in [-0.2, -0.15) is 5.26 Å². The molecular formula is C18H17Cl2N3. The van der Waals surface area contributed by atoms with Crippen molar-refractivity contribution >= 4 is 23.2 Å². The summed E-state index contributed by atoms with van der Waals surface area (Å²) in [6, 6.07) is 12.5. The van der Waals surface area contributed by atoms with Crippen LogP contribution in [0.3, 0.4) is 0 Å². The average Bonchev–Trinajstić information content (AvgIpc) is 2.49. The summed E-state index contributed by atoms with van der Waals surface area (Å²) >= 11 is 12.5. The molecule has 2 aromatic rings. The van der Waals surface area contributed by atoms with Gasteiger partial charge in [0.1, 0.15) is 16.4 Å². The molecule has 1 aliphatic heterocycles. The molecule has 2 heterocycles. The molecule has 3 rings (SSSR count). The Morgan fingerprint density at radius 3 is 2.57 bits per heavy atom. The number of hydrogen-bond donors (Lipinski definition) is 0. The largest absolute Gasteiger partial charge is 0.294 e. The Bertz CT molecular complexity index is 779. The van der Waals surface area contributed by atoms with Gasteiger partial charge in [0.25, 0.3) is 0 Å². The lowest BCUT2D eigenvalue weighted by atomic mass is 9.76. The molecule has 0 atom stereocenters. The van der Waals surface area contributed by atoms with E-state index in [0.717, 1.165) is 24.2 Å². The third-order valence-corrected chi connectivity index (χ3v) is 4.83. The van der Waals surface area contributed by atoms with E-state index < -0.39 is 0 Å². The van der Waals surface area contributed by atoms with Crippen molar-refractivity contribution in [2.45, 2.75) is 32.4 Å². The lowest BCUT2D eigenvalue weighted by molar-refractivity contribution is 0.185. The van der Waals surface area contributed by atoms with Gasteiger partial charge < -0.3 is 0 Å². The number of rotatable bonds is 2. The third kappa shape index (κ3) is 3.07. The molecule has 0 aliphatic carbocycles. The normalized spacial score (nSPS) is 16.7. The van der Waals surface area contributed by atoms with E-state index in [1.807, 2.05) is 18.2 Å². The monoisotopic (exact) mass is 345 g/mol. The lowest BCUT2D eigenvalue weighted by Crippen LogP contribution is -2.42. The second kappa shape index (κ2) is 6.13. The summed E-state index contributed by atoms with van der Waals surface area (Å²) in [6.07, 6.45) is 0. The number of aromatic nitrogens is 1. The van der Waals surface area contributed by atoms with Crippen LogP contribution in [-0.2, 0) is 18.5 Å². The van der Waals surface area contributed by atoms with Gasteiger partial charge >= 0.3 is 0 Å². The van der Waals surface area contributed by atoms with Crippen molar-refractivity contribution in [3.05, 3.63) is 62.9 Å². The molecular weight excluding hydrogens is 329 g/mol. The maximum absolute atomic E-state index is 9.47. The number of fused-ring (bicyclic) bond motifs is 1. The van der Waals surface area contributed by atoms with E-state index >= 15 is 0 Å². The summed E-state index contributed by atoms with van der Waals surface area (Å²) in [6.45, 7) is 6.59. The zero-order valence-corrected chi connectivity index (χ0v) is 14.6. The predicted octanol–water partition coefficient (Wildman–Crippen LogP) is 4.55. The quantitative estimate of drug-likeness (QED) is 0.749. The molecule has 1 aromatic carbocycles. The number of hydrogen-bond acceptors (Lipinski definition) is 3. The SMILES string of the molecule is CC1(C)CN(Cc2ccccc2)Cc2c(Cl)nc(Cl)c(C#N)c21. The standard InChI is InChI=1S/C18H17Cl2N3/c1-18(2)11-23(9-12-6-4-3-5-7-12)10-14-15(18)13(8-21)16(19)22-17(14)20/h3-7H,9-11H2,1-2H3. The third-order valence-electron chi connectivity index (χ3n) is 4.24. The Balaban J connectivity index is 2.02. The molecule has 0 saturated carbocycles. The Morgan fingerprint density at radius 2 is 1.91 bits per heavy atom. The van der Waals surface area contributed by atoms with Crippen LogP contribution in [0.1, 0.15) is 36.1 Å². The van der Waals surface area contributed by atoms with Gasteiger partial charge in [0.2, 0.25) is 0 Å². The fourth-order valence-corrected chi connectivity index (χ4v) is 3.93. The van der Waals surface area contributed by atoms with Gasteiger partial charge in [0, 0.05) is 30.6 Å². The molecule has 1 aromatic heterocycles. The van der Waals surface area contributed by atoms with Crippen LogP contribution in [-0.4, -0.2) is 16.4 Å². The van der Waals surface area contributed by atoms with Crippen molar-refractivity contribution < 1.29 is 0 Å². The summed E-state index contributed by atoms with van der Waals surface area (Å²) in [5, 5.41) is 10.1. The second-order valence-electron chi connectivity index (χ2n) is 6.55. The highest BCUT2D eigenvalue weighted by Gasteiger charge is 2.36. The zero-order valence-electron chi connectivity index (χ0n) is 13.1. The molecule has 0 saturated heterocycles. The molecule has 23 heavy (non-hydrogen) atoms. The molecule has 0 N–H and O–H groups in total. The van der Waals surface area contributed by atoms with E-state index in [2.05, 4.69) is 41.9 Å². The first-order valence-electron chi connectivity index (χ1n) is 7.47. The van der Waals surface area contributed by atoms with E-state index in [1.54, 1.807) is 0 Å². The molecule has 3 nitrogen and oxygen atoms in total. The minimum atomic E-state index is -0.219. The topological polar surface area (TPSA) is 39.9 Å². The van der Waals surface area contributed by atoms with Crippen molar-refractivity contribution in [1.82, 2.24) is 9.88 Å². The number of halogens is 2. The Kier molecular flexibility index (Phi) is 4.33. The highest BCUT2D eigenvalue weighted by molar-refractivity contribution is 6.33. The fraction of sp³-hybridized carbons (Fsp3) is 0.333. The molecule has 0 spiro atoms. The highest BCUT2D eigenvalue weighted by Crippen LogP contribution is 2.40. The summed E-state index contributed by atoms with van der Waals surface area (Å²) in [7, 11) is 0. The van der Waals surface area contributed by atoms with Crippen molar-refractivity contribution in [2.75, 3.05) is 6.54 Å². The number of nitrogens with zero attached hydrogens (tertiary/aromatic N) is 3. The number of benzene rings is 1. The van der Waals surface area contributed by atoms with Crippen molar-refractivity contribution in [3.8, 4) is 6.07 Å². The van der Waals surface area contributed by atoms with Crippen LogP contribution in [0.5, 0.6) is 0 Å². The van der Waals surface area contributed by atoms with E-state index in [1.165, 1.54) is 5.56 Å². The molecule has 0 unspecified atom stereocenters. The number of pyridine rings is 1. The van der Waals surface area contributed by atoms with Crippen LogP contribution in [0.15, 0.2) is 30.3 Å². The zero-order chi connectivity index (χ0) is 16.6. The van der Waals surface area contributed by atoms with Crippen molar-refractivity contribution in [2.24, 2.45) is 0 Å². The van der Waals surface area contributed by atoms with E-state index in [4.69, 9.17) is 23.2 Å². The van der Waals surface area contributed by atoms with Crippen LogP contribution in [0.4, 0.5) is 0 Å². The molecule has 0 radical (unpaired) electrons. The van der Waals surface area contributed by atoms with Crippen LogP contribution >= 0.6 is 23.2 Å². The van der Waals surface area contributed by atoms with Gasteiger partial charge in [0.15, 0.2) is 0 Å². The minimum absolute atomic E-state index is 0.195. The molecule has 0 bridgehead atoms. The van der Waals surface area contributed by atoms with Crippen LogP contribution in [0, 0.1) is 11.3 Å². The second-order valence-corrected chi connectivity index (χ2v) is 7.26. The summed E-state index contributed by atoms with van der Waals surface area (Å²) in [4.78, 5) is 6.48. The maximum atomic E-state index is 9.47. The Hall–Kier alpha value is -1.60. The van der Waals surface area contributed by atoms with E-state index in [-0.39, 0.29) is 10.6 Å². The molecule has 0 fully saturated rings. The van der Waals surface area contributed by atoms with Gasteiger partial charge in [-0.05, 0) is 11.1 Å². The van der Waals surface area contributed by atoms with Gasteiger partial charge in [-0.15, -0.1) is 0 Å². The molecule has 5 heteroatoms. The average molecular weight is 346 g/mol. The van der Waals surface area contributed by atoms with Crippen LogP contribution in [0.2, 0.25) is 10.3 Å². The van der Waals surface area contributed by atoms with Crippen LogP contribution < -0.4 is 0 Å². The van der Waals surface area contributed by atoms with Crippen molar-refractivity contribution in [3.63, 3.8) is 0 Å². The van der Waals surface area contributed by atoms with Gasteiger partial charge in [-0.1, -0.05) is 67.4 Å².